The van der Waals surface area contributed by atoms with Crippen LogP contribution in [0.3, 0.4) is 0 Å². The standard InChI is InChI=1S/C23H28N4O4/c1-5-23(18-6-7-19(31-4)16(2)14-18)21(29)27(22(30)25-23)15-20(28)26(3)13-10-17-8-11-24-12-9-17/h6-9,11-12,14H,5,10,13,15H2,1-4H3,(H,25,30). The number of ether oxygens (including phenoxy) is 1. The minimum Gasteiger partial charge on any atom is -0.496 e. The number of nitrogens with zero attached hydrogens (tertiary/aromatic N) is 3. The van der Waals surface area contributed by atoms with E-state index in [9.17, 15) is 14.4 Å². The number of hydrogen-bond acceptors (Lipinski definition) is 5. The molecule has 1 atom stereocenters. The summed E-state index contributed by atoms with van der Waals surface area (Å²) in [4.78, 5) is 45.2. The Kier molecular flexibility index (Phi) is 6.58. The molecule has 2 heterocycles. The number of carbonyl (C=O) groups excluding carboxylic acids is 3. The summed E-state index contributed by atoms with van der Waals surface area (Å²) in [5, 5.41) is 2.82. The molecule has 0 radical (unpaired) electrons. The molecular formula is C23H28N4O4. The maximum atomic E-state index is 13.3. The zero-order chi connectivity index (χ0) is 22.6. The van der Waals surface area contributed by atoms with Crippen molar-refractivity contribution < 1.29 is 19.1 Å². The van der Waals surface area contributed by atoms with Crippen LogP contribution in [0.15, 0.2) is 42.7 Å². The Hall–Kier alpha value is -3.42. The predicted octanol–water partition coefficient (Wildman–Crippen LogP) is 2.26. The molecule has 3 rings (SSSR count). The van der Waals surface area contributed by atoms with Crippen molar-refractivity contribution in [3.63, 3.8) is 0 Å². The van der Waals surface area contributed by atoms with Gasteiger partial charge in [-0.2, -0.15) is 0 Å². The third-order valence-corrected chi connectivity index (χ3v) is 5.80. The van der Waals surface area contributed by atoms with Crippen molar-refractivity contribution in [3.8, 4) is 5.75 Å². The third-order valence-electron chi connectivity index (χ3n) is 5.80. The van der Waals surface area contributed by atoms with Crippen molar-refractivity contribution in [2.24, 2.45) is 0 Å². The summed E-state index contributed by atoms with van der Waals surface area (Å²) in [5.74, 6) is -0.00884. The summed E-state index contributed by atoms with van der Waals surface area (Å²) in [7, 11) is 3.25. The lowest BCUT2D eigenvalue weighted by Crippen LogP contribution is -2.45. The van der Waals surface area contributed by atoms with Gasteiger partial charge < -0.3 is 15.0 Å². The van der Waals surface area contributed by atoms with Gasteiger partial charge in [0.15, 0.2) is 0 Å². The van der Waals surface area contributed by atoms with Gasteiger partial charge in [-0.15, -0.1) is 0 Å². The fourth-order valence-corrected chi connectivity index (χ4v) is 3.78. The Bertz CT molecular complexity index is 979. The molecule has 0 aliphatic carbocycles. The minimum absolute atomic E-state index is 0.296. The summed E-state index contributed by atoms with van der Waals surface area (Å²) >= 11 is 0. The smallest absolute Gasteiger partial charge is 0.325 e. The molecular weight excluding hydrogens is 396 g/mol. The fraction of sp³-hybridized carbons (Fsp3) is 0.391. The van der Waals surface area contributed by atoms with Gasteiger partial charge in [0.1, 0.15) is 17.8 Å². The van der Waals surface area contributed by atoms with E-state index in [0.717, 1.165) is 16.0 Å². The number of hydrogen-bond donors (Lipinski definition) is 1. The Labute approximate surface area is 182 Å². The molecule has 2 aromatic rings. The Morgan fingerprint density at radius 1 is 1.23 bits per heavy atom. The quantitative estimate of drug-likeness (QED) is 0.657. The molecule has 8 heteroatoms. The van der Waals surface area contributed by atoms with Crippen LogP contribution in [-0.4, -0.2) is 59.9 Å². The van der Waals surface area contributed by atoms with Crippen molar-refractivity contribution in [2.45, 2.75) is 32.2 Å². The first kappa shape index (κ1) is 22.3. The summed E-state index contributed by atoms with van der Waals surface area (Å²) in [6, 6.07) is 8.62. The van der Waals surface area contributed by atoms with Crippen LogP contribution in [0.25, 0.3) is 0 Å². The molecule has 1 saturated heterocycles. The van der Waals surface area contributed by atoms with E-state index in [1.165, 1.54) is 4.90 Å². The van der Waals surface area contributed by atoms with E-state index >= 15 is 0 Å². The van der Waals surface area contributed by atoms with Crippen molar-refractivity contribution in [3.05, 3.63) is 59.4 Å². The average molecular weight is 425 g/mol. The molecule has 4 amide bonds. The van der Waals surface area contributed by atoms with Crippen LogP contribution in [0, 0.1) is 6.92 Å². The summed E-state index contributed by atoms with van der Waals surface area (Å²) in [6.07, 6.45) is 4.44. The van der Waals surface area contributed by atoms with Crippen LogP contribution in [0.1, 0.15) is 30.0 Å². The van der Waals surface area contributed by atoms with E-state index in [0.29, 0.717) is 30.7 Å². The number of aryl methyl sites for hydroxylation is 1. The molecule has 1 aromatic heterocycles. The zero-order valence-electron chi connectivity index (χ0n) is 18.3. The number of pyridine rings is 1. The highest BCUT2D eigenvalue weighted by atomic mass is 16.5. The highest BCUT2D eigenvalue weighted by Gasteiger charge is 2.51. The summed E-state index contributed by atoms with van der Waals surface area (Å²) in [6.45, 7) is 3.90. The van der Waals surface area contributed by atoms with Gasteiger partial charge in [0.05, 0.1) is 7.11 Å². The van der Waals surface area contributed by atoms with Crippen molar-refractivity contribution >= 4 is 17.8 Å². The van der Waals surface area contributed by atoms with E-state index in [-0.39, 0.29) is 12.5 Å². The topological polar surface area (TPSA) is 91.8 Å². The van der Waals surface area contributed by atoms with Gasteiger partial charge in [-0.3, -0.25) is 19.5 Å². The highest BCUT2D eigenvalue weighted by molar-refractivity contribution is 6.09. The van der Waals surface area contributed by atoms with E-state index in [4.69, 9.17) is 4.74 Å². The number of urea groups is 1. The van der Waals surface area contributed by atoms with Crippen LogP contribution in [0.4, 0.5) is 4.79 Å². The van der Waals surface area contributed by atoms with Gasteiger partial charge >= 0.3 is 6.03 Å². The number of imide groups is 1. The molecule has 1 N–H and O–H groups in total. The number of nitrogens with one attached hydrogen (secondary N) is 1. The average Bonchev–Trinajstić information content (AvgIpc) is 3.03. The Morgan fingerprint density at radius 3 is 2.55 bits per heavy atom. The van der Waals surface area contributed by atoms with Gasteiger partial charge in [0.25, 0.3) is 5.91 Å². The number of likely N-dealkylation sites (N-methyl/N-ethyl adjacent to an activating group) is 1. The van der Waals surface area contributed by atoms with Crippen LogP contribution in [0.5, 0.6) is 5.75 Å². The second-order valence-electron chi connectivity index (χ2n) is 7.69. The fourth-order valence-electron chi connectivity index (χ4n) is 3.78. The van der Waals surface area contributed by atoms with E-state index in [1.54, 1.807) is 38.7 Å². The third kappa shape index (κ3) is 4.38. The lowest BCUT2D eigenvalue weighted by atomic mass is 9.86. The molecule has 164 valence electrons. The second-order valence-corrected chi connectivity index (χ2v) is 7.69. The lowest BCUT2D eigenvalue weighted by Gasteiger charge is -2.27. The summed E-state index contributed by atoms with van der Waals surface area (Å²) in [5.41, 5.74) is 1.40. The van der Waals surface area contributed by atoms with Crippen molar-refractivity contribution in [2.75, 3.05) is 27.2 Å². The van der Waals surface area contributed by atoms with E-state index in [1.807, 2.05) is 32.0 Å². The number of aromatic nitrogens is 1. The Morgan fingerprint density at radius 2 is 1.94 bits per heavy atom. The number of benzene rings is 1. The number of carbonyl (C=O) groups is 3. The molecule has 0 spiro atoms. The van der Waals surface area contributed by atoms with Gasteiger partial charge in [-0.1, -0.05) is 13.0 Å². The molecule has 1 aromatic carbocycles. The zero-order valence-corrected chi connectivity index (χ0v) is 18.3. The molecule has 1 aliphatic rings. The second kappa shape index (κ2) is 9.16. The van der Waals surface area contributed by atoms with Crippen molar-refractivity contribution in [1.29, 1.82) is 0 Å². The number of amides is 4. The highest BCUT2D eigenvalue weighted by Crippen LogP contribution is 2.34. The van der Waals surface area contributed by atoms with E-state index < -0.39 is 17.5 Å². The molecule has 1 aliphatic heterocycles. The van der Waals surface area contributed by atoms with Crippen LogP contribution in [-0.2, 0) is 21.5 Å². The predicted molar refractivity (Wildman–Crippen MR) is 116 cm³/mol. The molecule has 1 fully saturated rings. The lowest BCUT2D eigenvalue weighted by molar-refractivity contribution is -0.138. The van der Waals surface area contributed by atoms with Gasteiger partial charge in [-0.05, 0) is 60.7 Å². The number of rotatable bonds is 8. The van der Waals surface area contributed by atoms with Crippen LogP contribution in [0.2, 0.25) is 0 Å². The first-order valence-electron chi connectivity index (χ1n) is 10.2. The Balaban J connectivity index is 1.72. The normalized spacial score (nSPS) is 18.1. The molecule has 31 heavy (non-hydrogen) atoms. The minimum atomic E-state index is -1.19. The van der Waals surface area contributed by atoms with Crippen LogP contribution >= 0.6 is 0 Å². The molecule has 0 bridgehead atoms. The van der Waals surface area contributed by atoms with Gasteiger partial charge in [0.2, 0.25) is 5.91 Å². The van der Waals surface area contributed by atoms with E-state index in [2.05, 4.69) is 10.3 Å². The first-order chi connectivity index (χ1) is 14.8. The monoisotopic (exact) mass is 424 g/mol. The maximum Gasteiger partial charge on any atom is 0.325 e. The summed E-state index contributed by atoms with van der Waals surface area (Å²) < 4.78 is 5.30. The maximum absolute atomic E-state index is 13.3. The van der Waals surface area contributed by atoms with Gasteiger partial charge in [-0.25, -0.2) is 4.79 Å². The number of methoxy groups -OCH3 is 1. The van der Waals surface area contributed by atoms with Crippen LogP contribution < -0.4 is 10.1 Å². The molecule has 8 nitrogen and oxygen atoms in total. The molecule has 0 saturated carbocycles. The first-order valence-corrected chi connectivity index (χ1v) is 10.2. The SMILES string of the molecule is CCC1(c2ccc(OC)c(C)c2)NC(=O)N(CC(=O)N(C)CCc2ccncc2)C1=O. The molecule has 1 unspecified atom stereocenters. The van der Waals surface area contributed by atoms with Gasteiger partial charge in [0, 0.05) is 26.0 Å². The van der Waals surface area contributed by atoms with Crippen molar-refractivity contribution in [1.82, 2.24) is 20.1 Å². The largest absolute Gasteiger partial charge is 0.496 e.